The lowest BCUT2D eigenvalue weighted by Gasteiger charge is -2.22. The Labute approximate surface area is 182 Å². The highest BCUT2D eigenvalue weighted by Crippen LogP contribution is 2.37. The number of nitrogens with zero attached hydrogens (tertiary/aromatic N) is 2. The lowest BCUT2D eigenvalue weighted by Crippen LogP contribution is -2.36. The minimum absolute atomic E-state index is 0.00627. The number of aromatic nitrogens is 1. The summed E-state index contributed by atoms with van der Waals surface area (Å²) < 4.78 is 30.9. The fourth-order valence-electron chi connectivity index (χ4n) is 3.56. The molecule has 0 aliphatic carbocycles. The molecule has 2 atom stereocenters. The smallest absolute Gasteiger partial charge is 0.297 e. The van der Waals surface area contributed by atoms with Crippen molar-refractivity contribution < 1.29 is 27.2 Å². The van der Waals surface area contributed by atoms with Gasteiger partial charge in [0.1, 0.15) is 10.1 Å². The molecule has 1 aliphatic rings. The van der Waals surface area contributed by atoms with Gasteiger partial charge >= 0.3 is 0 Å². The van der Waals surface area contributed by atoms with Crippen LogP contribution in [-0.2, 0) is 19.4 Å². The Kier molecular flexibility index (Phi) is 5.36. The van der Waals surface area contributed by atoms with E-state index in [1.54, 1.807) is 19.1 Å². The zero-order valence-corrected chi connectivity index (χ0v) is 18.3. The van der Waals surface area contributed by atoms with Gasteiger partial charge in [-0.1, -0.05) is 36.0 Å². The number of ketones is 2. The van der Waals surface area contributed by atoms with Gasteiger partial charge < -0.3 is 4.42 Å². The van der Waals surface area contributed by atoms with Gasteiger partial charge in [-0.2, -0.15) is 0 Å². The van der Waals surface area contributed by atoms with Crippen molar-refractivity contribution in [3.63, 3.8) is 0 Å². The summed E-state index contributed by atoms with van der Waals surface area (Å²) in [5.74, 6) is -3.56. The lowest BCUT2D eigenvalue weighted by molar-refractivity contribution is -0.135. The van der Waals surface area contributed by atoms with E-state index in [2.05, 4.69) is 4.98 Å². The monoisotopic (exact) mass is 458 g/mol. The van der Waals surface area contributed by atoms with E-state index >= 15 is 0 Å². The van der Waals surface area contributed by atoms with E-state index in [-0.39, 0.29) is 20.0 Å². The van der Waals surface area contributed by atoms with Crippen molar-refractivity contribution in [3.05, 3.63) is 60.2 Å². The number of carbonyl (C=O) groups is 3. The summed E-state index contributed by atoms with van der Waals surface area (Å²) in [5.41, 5.74) is 0.920. The molecule has 31 heavy (non-hydrogen) atoms. The molecule has 2 aromatic heterocycles. The van der Waals surface area contributed by atoms with Crippen LogP contribution < -0.4 is 4.90 Å². The summed E-state index contributed by atoms with van der Waals surface area (Å²) >= 11 is 0.791. The van der Waals surface area contributed by atoms with Crippen molar-refractivity contribution in [3.8, 4) is 0 Å². The number of anilines is 1. The molecule has 0 N–H and O–H groups in total. The van der Waals surface area contributed by atoms with Crippen molar-refractivity contribution >= 4 is 43.8 Å². The average molecular weight is 459 g/mol. The van der Waals surface area contributed by atoms with Gasteiger partial charge in [-0.25, -0.2) is 13.4 Å². The topological polar surface area (TPSA) is 115 Å². The second kappa shape index (κ2) is 7.86. The Balaban J connectivity index is 1.69. The third-order valence-corrected chi connectivity index (χ3v) is 8.40. The predicted octanol–water partition coefficient (Wildman–Crippen LogP) is 3.07. The van der Waals surface area contributed by atoms with Gasteiger partial charge in [0.25, 0.3) is 5.91 Å². The van der Waals surface area contributed by atoms with Gasteiger partial charge in [-0.05, 0) is 37.6 Å². The Bertz CT molecular complexity index is 1260. The Morgan fingerprint density at radius 1 is 1.19 bits per heavy atom. The maximum absolute atomic E-state index is 12.9. The zero-order valence-electron chi connectivity index (χ0n) is 16.6. The predicted molar refractivity (Wildman–Crippen MR) is 112 cm³/mol. The molecule has 1 saturated heterocycles. The third kappa shape index (κ3) is 3.51. The van der Waals surface area contributed by atoms with E-state index in [9.17, 15) is 22.8 Å². The number of furan rings is 1. The quantitative estimate of drug-likeness (QED) is 0.317. The molecule has 1 amide bonds. The second-order valence-electron chi connectivity index (χ2n) is 7.11. The van der Waals surface area contributed by atoms with E-state index in [0.717, 1.165) is 21.8 Å². The van der Waals surface area contributed by atoms with Crippen LogP contribution in [0.15, 0.2) is 62.4 Å². The summed E-state index contributed by atoms with van der Waals surface area (Å²) in [4.78, 5) is 43.5. The van der Waals surface area contributed by atoms with Crippen molar-refractivity contribution in [1.29, 1.82) is 0 Å². The molecule has 160 valence electrons. The molecule has 3 heterocycles. The number of hydrogen-bond acceptors (Lipinski definition) is 8. The average Bonchev–Trinajstić information content (AvgIpc) is 3.49. The lowest BCUT2D eigenvalue weighted by atomic mass is 9.91. The Morgan fingerprint density at radius 2 is 1.90 bits per heavy atom. The molecule has 3 aromatic rings. The van der Waals surface area contributed by atoms with Gasteiger partial charge in [0.05, 0.1) is 23.4 Å². The van der Waals surface area contributed by atoms with E-state index in [0.29, 0.717) is 6.42 Å². The van der Waals surface area contributed by atoms with Crippen LogP contribution in [0, 0.1) is 12.8 Å². The van der Waals surface area contributed by atoms with Gasteiger partial charge in [-0.3, -0.25) is 19.3 Å². The molecule has 1 fully saturated rings. The summed E-state index contributed by atoms with van der Waals surface area (Å²) in [6, 6.07) is 8.56. The van der Waals surface area contributed by atoms with Crippen LogP contribution in [0.3, 0.4) is 0 Å². The molecule has 2 unspecified atom stereocenters. The van der Waals surface area contributed by atoms with E-state index in [1.165, 1.54) is 36.7 Å². The third-order valence-electron chi connectivity index (χ3n) is 5.17. The number of thiazole rings is 1. The SMILES string of the molecule is CCC1C(C(=O)c2ccco2)C(=O)C(=O)N1c1ncc(S(=O)(=O)c2ccc(C)cc2)s1. The van der Waals surface area contributed by atoms with Crippen LogP contribution in [0.2, 0.25) is 0 Å². The summed E-state index contributed by atoms with van der Waals surface area (Å²) in [6.45, 7) is 3.59. The molecule has 10 heteroatoms. The molecule has 8 nitrogen and oxygen atoms in total. The van der Waals surface area contributed by atoms with Crippen LogP contribution in [0.5, 0.6) is 0 Å². The van der Waals surface area contributed by atoms with Crippen molar-refractivity contribution in [2.45, 2.75) is 35.4 Å². The van der Waals surface area contributed by atoms with E-state index in [1.807, 2.05) is 6.92 Å². The van der Waals surface area contributed by atoms with Gasteiger partial charge in [0, 0.05) is 0 Å². The fourth-order valence-corrected chi connectivity index (χ4v) is 6.14. The molecule has 1 aliphatic heterocycles. The van der Waals surface area contributed by atoms with Gasteiger partial charge in [-0.15, -0.1) is 0 Å². The molecule has 1 aromatic carbocycles. The highest BCUT2D eigenvalue weighted by molar-refractivity contribution is 7.93. The van der Waals surface area contributed by atoms with E-state index < -0.39 is 39.3 Å². The van der Waals surface area contributed by atoms with Crippen molar-refractivity contribution in [2.75, 3.05) is 4.90 Å². The molecule has 4 rings (SSSR count). The number of rotatable bonds is 6. The minimum Gasteiger partial charge on any atom is -0.461 e. The van der Waals surface area contributed by atoms with Crippen LogP contribution >= 0.6 is 11.3 Å². The maximum Gasteiger partial charge on any atom is 0.297 e. The number of aryl methyl sites for hydroxylation is 1. The first kappa shape index (κ1) is 21.1. The summed E-state index contributed by atoms with van der Waals surface area (Å²) in [6.07, 6.45) is 2.78. The molecular formula is C21H18N2O6S2. The van der Waals surface area contributed by atoms with Gasteiger partial charge in [0.15, 0.2) is 10.9 Å². The normalized spacial score (nSPS) is 19.2. The molecule has 0 radical (unpaired) electrons. The maximum atomic E-state index is 12.9. The molecular weight excluding hydrogens is 440 g/mol. The molecule has 0 bridgehead atoms. The fraction of sp³-hybridized carbons (Fsp3) is 0.238. The second-order valence-corrected chi connectivity index (χ2v) is 10.3. The highest BCUT2D eigenvalue weighted by Gasteiger charge is 2.52. The Hall–Kier alpha value is -3.11. The van der Waals surface area contributed by atoms with Crippen molar-refractivity contribution in [1.82, 2.24) is 4.98 Å². The number of benzene rings is 1. The van der Waals surface area contributed by atoms with E-state index in [4.69, 9.17) is 4.42 Å². The number of hydrogen-bond donors (Lipinski definition) is 0. The summed E-state index contributed by atoms with van der Waals surface area (Å²) in [5, 5.41) is 0.0608. The van der Waals surface area contributed by atoms with Crippen LogP contribution in [0.1, 0.15) is 29.5 Å². The largest absolute Gasteiger partial charge is 0.461 e. The summed E-state index contributed by atoms with van der Waals surface area (Å²) in [7, 11) is -3.83. The first-order valence-corrected chi connectivity index (χ1v) is 11.8. The first-order valence-electron chi connectivity index (χ1n) is 9.48. The highest BCUT2D eigenvalue weighted by atomic mass is 32.2. The van der Waals surface area contributed by atoms with Crippen LogP contribution in [0.25, 0.3) is 0 Å². The number of amides is 1. The minimum atomic E-state index is -3.83. The number of carbonyl (C=O) groups excluding carboxylic acids is 3. The van der Waals surface area contributed by atoms with Crippen molar-refractivity contribution in [2.24, 2.45) is 5.92 Å². The standard InChI is InChI=1S/C21H18N2O6S2/c1-3-14-17(18(24)15-5-4-10-29-15)19(25)20(26)23(14)21-22-11-16(30-21)31(27,28)13-8-6-12(2)7-9-13/h4-11,14,17H,3H2,1-2H3. The van der Waals surface area contributed by atoms with Gasteiger partial charge in [0.2, 0.25) is 21.4 Å². The van der Waals surface area contributed by atoms with Crippen LogP contribution in [-0.4, -0.2) is 36.9 Å². The molecule has 0 saturated carbocycles. The molecule has 0 spiro atoms. The number of sulfone groups is 1. The zero-order chi connectivity index (χ0) is 22.3. The van der Waals surface area contributed by atoms with Crippen LogP contribution in [0.4, 0.5) is 5.13 Å². The number of Topliss-reactive ketones (excluding diaryl/α,β-unsaturated/α-hetero) is 2. The first-order chi connectivity index (χ1) is 14.8. The Morgan fingerprint density at radius 3 is 2.52 bits per heavy atom.